The van der Waals surface area contributed by atoms with E-state index in [1.54, 1.807) is 4.90 Å². The van der Waals surface area contributed by atoms with Gasteiger partial charge in [-0.15, -0.1) is 0 Å². The molecule has 1 aromatic carbocycles. The smallest absolute Gasteiger partial charge is 0.256 e. The van der Waals surface area contributed by atoms with E-state index < -0.39 is 17.5 Å². The summed E-state index contributed by atoms with van der Waals surface area (Å²) in [6.07, 6.45) is 1.81. The fourth-order valence-electron chi connectivity index (χ4n) is 2.11. The normalized spacial score (nSPS) is 16.9. The maximum absolute atomic E-state index is 13.6. The number of carbonyl (C=O) groups excluding carboxylic acids is 1. The molecule has 1 aliphatic heterocycles. The van der Waals surface area contributed by atoms with Crippen LogP contribution in [-0.2, 0) is 0 Å². The standard InChI is InChI=1S/C13H16F2N2O/c1-8-2-4-17(5-3-8)13(18)9-6-12(16)11(15)7-10(9)14/h6-8H,2-5,16H2,1H3. The van der Waals surface area contributed by atoms with Crippen molar-refractivity contribution in [2.75, 3.05) is 18.8 Å². The molecule has 0 bridgehead atoms. The van der Waals surface area contributed by atoms with Crippen LogP contribution in [0.3, 0.4) is 0 Å². The van der Waals surface area contributed by atoms with Gasteiger partial charge in [-0.2, -0.15) is 0 Å². The predicted octanol–water partition coefficient (Wildman–Crippen LogP) is 2.42. The van der Waals surface area contributed by atoms with Gasteiger partial charge < -0.3 is 10.6 Å². The summed E-state index contributed by atoms with van der Waals surface area (Å²) in [5, 5.41) is 0. The summed E-state index contributed by atoms with van der Waals surface area (Å²) >= 11 is 0. The molecule has 0 aliphatic carbocycles. The van der Waals surface area contributed by atoms with Crippen molar-refractivity contribution in [1.82, 2.24) is 4.90 Å². The van der Waals surface area contributed by atoms with E-state index in [9.17, 15) is 13.6 Å². The third kappa shape index (κ3) is 2.44. The van der Waals surface area contributed by atoms with Crippen LogP contribution in [0.5, 0.6) is 0 Å². The van der Waals surface area contributed by atoms with Crippen LogP contribution in [-0.4, -0.2) is 23.9 Å². The summed E-state index contributed by atoms with van der Waals surface area (Å²) in [4.78, 5) is 13.7. The molecule has 5 heteroatoms. The van der Waals surface area contributed by atoms with E-state index in [1.807, 2.05) is 0 Å². The molecule has 1 aliphatic rings. The zero-order chi connectivity index (χ0) is 13.3. The third-order valence-electron chi connectivity index (χ3n) is 3.39. The molecule has 98 valence electrons. The predicted molar refractivity (Wildman–Crippen MR) is 65.1 cm³/mol. The van der Waals surface area contributed by atoms with E-state index in [0.29, 0.717) is 25.1 Å². The molecular weight excluding hydrogens is 238 g/mol. The van der Waals surface area contributed by atoms with Gasteiger partial charge in [0.15, 0.2) is 0 Å². The van der Waals surface area contributed by atoms with Gasteiger partial charge in [0.05, 0.1) is 11.3 Å². The van der Waals surface area contributed by atoms with Gasteiger partial charge in [-0.1, -0.05) is 6.92 Å². The second-order valence-corrected chi connectivity index (χ2v) is 4.83. The van der Waals surface area contributed by atoms with Crippen LogP contribution in [0.2, 0.25) is 0 Å². The Hall–Kier alpha value is -1.65. The highest BCUT2D eigenvalue weighted by Gasteiger charge is 2.24. The van der Waals surface area contributed by atoms with Crippen LogP contribution >= 0.6 is 0 Å². The molecule has 1 aromatic rings. The largest absolute Gasteiger partial charge is 0.396 e. The Morgan fingerprint density at radius 2 is 1.89 bits per heavy atom. The van der Waals surface area contributed by atoms with E-state index in [2.05, 4.69) is 6.92 Å². The Kier molecular flexibility index (Phi) is 3.50. The lowest BCUT2D eigenvalue weighted by Crippen LogP contribution is -2.38. The van der Waals surface area contributed by atoms with E-state index >= 15 is 0 Å². The first kappa shape index (κ1) is 12.8. The van der Waals surface area contributed by atoms with Gasteiger partial charge in [-0.25, -0.2) is 8.78 Å². The quantitative estimate of drug-likeness (QED) is 0.782. The van der Waals surface area contributed by atoms with Crippen molar-refractivity contribution in [3.8, 4) is 0 Å². The van der Waals surface area contributed by atoms with Gasteiger partial charge in [0.25, 0.3) is 5.91 Å². The number of hydrogen-bond donors (Lipinski definition) is 1. The van der Waals surface area contributed by atoms with E-state index in [1.165, 1.54) is 0 Å². The second kappa shape index (κ2) is 4.92. The number of nitrogens with zero attached hydrogens (tertiary/aromatic N) is 1. The van der Waals surface area contributed by atoms with Crippen LogP contribution in [0.15, 0.2) is 12.1 Å². The fourth-order valence-corrected chi connectivity index (χ4v) is 2.11. The fraction of sp³-hybridized carbons (Fsp3) is 0.462. The topological polar surface area (TPSA) is 46.3 Å². The van der Waals surface area contributed by atoms with Crippen molar-refractivity contribution >= 4 is 11.6 Å². The molecule has 1 amide bonds. The number of carbonyl (C=O) groups is 1. The van der Waals surface area contributed by atoms with Crippen molar-refractivity contribution in [3.05, 3.63) is 29.3 Å². The summed E-state index contributed by atoms with van der Waals surface area (Å²) in [5.41, 5.74) is 5.01. The number of piperidine rings is 1. The highest BCUT2D eigenvalue weighted by molar-refractivity contribution is 5.95. The molecule has 3 nitrogen and oxygen atoms in total. The molecule has 1 fully saturated rings. The van der Waals surface area contributed by atoms with Crippen LogP contribution < -0.4 is 5.73 Å². The molecule has 0 radical (unpaired) electrons. The molecule has 0 spiro atoms. The molecular formula is C13H16F2N2O. The number of likely N-dealkylation sites (tertiary alicyclic amines) is 1. The first-order valence-electron chi connectivity index (χ1n) is 6.03. The van der Waals surface area contributed by atoms with E-state index in [4.69, 9.17) is 5.73 Å². The molecule has 1 heterocycles. The van der Waals surface area contributed by atoms with Crippen LogP contribution in [0, 0.1) is 17.6 Å². The van der Waals surface area contributed by atoms with Gasteiger partial charge in [-0.3, -0.25) is 4.79 Å². The van der Waals surface area contributed by atoms with Crippen LogP contribution in [0.4, 0.5) is 14.5 Å². The Labute approximate surface area is 105 Å². The van der Waals surface area contributed by atoms with Gasteiger partial charge in [0.1, 0.15) is 11.6 Å². The van der Waals surface area contributed by atoms with Gasteiger partial charge in [0.2, 0.25) is 0 Å². The molecule has 2 N–H and O–H groups in total. The molecule has 0 aromatic heterocycles. The maximum atomic E-state index is 13.6. The minimum absolute atomic E-state index is 0.150. The number of halogens is 2. The zero-order valence-electron chi connectivity index (χ0n) is 10.2. The SMILES string of the molecule is CC1CCN(C(=O)c2cc(N)c(F)cc2F)CC1. The van der Waals surface area contributed by atoms with Crippen LogP contribution in [0.25, 0.3) is 0 Å². The Morgan fingerprint density at radius 3 is 2.50 bits per heavy atom. The monoisotopic (exact) mass is 254 g/mol. The number of rotatable bonds is 1. The Morgan fingerprint density at radius 1 is 1.28 bits per heavy atom. The number of amides is 1. The number of nitrogens with two attached hydrogens (primary N) is 1. The Balaban J connectivity index is 2.21. The molecule has 18 heavy (non-hydrogen) atoms. The second-order valence-electron chi connectivity index (χ2n) is 4.83. The van der Waals surface area contributed by atoms with Gasteiger partial charge in [0, 0.05) is 19.2 Å². The van der Waals surface area contributed by atoms with E-state index in [0.717, 1.165) is 18.9 Å². The number of benzene rings is 1. The van der Waals surface area contributed by atoms with Gasteiger partial charge >= 0.3 is 0 Å². The average molecular weight is 254 g/mol. The molecule has 0 atom stereocenters. The van der Waals surface area contributed by atoms with Crippen molar-refractivity contribution in [2.24, 2.45) is 5.92 Å². The lowest BCUT2D eigenvalue weighted by Gasteiger charge is -2.30. The van der Waals surface area contributed by atoms with Crippen molar-refractivity contribution in [2.45, 2.75) is 19.8 Å². The highest BCUT2D eigenvalue weighted by atomic mass is 19.1. The maximum Gasteiger partial charge on any atom is 0.256 e. The zero-order valence-corrected chi connectivity index (χ0v) is 10.2. The molecule has 2 rings (SSSR count). The lowest BCUT2D eigenvalue weighted by molar-refractivity contribution is 0.0692. The van der Waals surface area contributed by atoms with Crippen molar-refractivity contribution in [1.29, 1.82) is 0 Å². The Bertz CT molecular complexity index is 468. The number of nitrogen functional groups attached to an aromatic ring is 1. The van der Waals surface area contributed by atoms with E-state index in [-0.39, 0.29) is 11.3 Å². The van der Waals surface area contributed by atoms with Crippen molar-refractivity contribution in [3.63, 3.8) is 0 Å². The summed E-state index contributed by atoms with van der Waals surface area (Å²) in [5.74, 6) is -1.52. The minimum Gasteiger partial charge on any atom is -0.396 e. The summed E-state index contributed by atoms with van der Waals surface area (Å²) in [6.45, 7) is 3.34. The molecule has 0 saturated carbocycles. The summed E-state index contributed by atoms with van der Waals surface area (Å²) in [6, 6.07) is 1.74. The number of anilines is 1. The average Bonchev–Trinajstić information content (AvgIpc) is 2.34. The first-order valence-corrected chi connectivity index (χ1v) is 6.03. The minimum atomic E-state index is -0.856. The number of hydrogen-bond acceptors (Lipinski definition) is 2. The first-order chi connectivity index (χ1) is 8.49. The van der Waals surface area contributed by atoms with Crippen LogP contribution in [0.1, 0.15) is 30.1 Å². The highest BCUT2D eigenvalue weighted by Crippen LogP contribution is 2.22. The molecule has 1 saturated heterocycles. The van der Waals surface area contributed by atoms with Crippen molar-refractivity contribution < 1.29 is 13.6 Å². The lowest BCUT2D eigenvalue weighted by atomic mass is 9.98. The third-order valence-corrected chi connectivity index (χ3v) is 3.39. The molecule has 0 unspecified atom stereocenters. The van der Waals surface area contributed by atoms with Gasteiger partial charge in [-0.05, 0) is 24.8 Å². The summed E-state index contributed by atoms with van der Waals surface area (Å²) in [7, 11) is 0. The summed E-state index contributed by atoms with van der Waals surface area (Å²) < 4.78 is 26.6.